The highest BCUT2D eigenvalue weighted by Crippen LogP contribution is 2.51. The smallest absolute Gasteiger partial charge is 0.0788 e. The van der Waals surface area contributed by atoms with Gasteiger partial charge in [-0.25, -0.2) is 4.98 Å². The van der Waals surface area contributed by atoms with Gasteiger partial charge in [0.25, 0.3) is 0 Å². The molecule has 0 radical (unpaired) electrons. The fourth-order valence-corrected chi connectivity index (χ4v) is 10.2. The second kappa shape index (κ2) is 13.2. The number of anilines is 3. The van der Waals surface area contributed by atoms with Gasteiger partial charge in [0.2, 0.25) is 0 Å². The van der Waals surface area contributed by atoms with E-state index in [1.807, 2.05) is 11.3 Å². The minimum absolute atomic E-state index is 0.121. The molecule has 0 saturated carbocycles. The molecule has 10 aromatic rings. The molecule has 270 valence electrons. The van der Waals surface area contributed by atoms with E-state index in [9.17, 15) is 0 Å². The van der Waals surface area contributed by atoms with E-state index in [-0.39, 0.29) is 5.41 Å². The maximum atomic E-state index is 5.25. The Morgan fingerprint density at radius 2 is 1.11 bits per heavy atom. The van der Waals surface area contributed by atoms with Gasteiger partial charge in [-0.3, -0.25) is 0 Å². The Bertz CT molecular complexity index is 3160. The molecule has 0 N–H and O–H groups in total. The molecule has 57 heavy (non-hydrogen) atoms. The predicted octanol–water partition coefficient (Wildman–Crippen LogP) is 15.4. The van der Waals surface area contributed by atoms with Crippen molar-refractivity contribution in [2.45, 2.75) is 19.3 Å². The first-order valence-electron chi connectivity index (χ1n) is 19.6. The van der Waals surface area contributed by atoms with Gasteiger partial charge in [-0.2, -0.15) is 0 Å². The van der Waals surface area contributed by atoms with Gasteiger partial charge < -0.3 is 4.90 Å². The van der Waals surface area contributed by atoms with Crippen LogP contribution in [0.5, 0.6) is 0 Å². The van der Waals surface area contributed by atoms with Crippen molar-refractivity contribution in [1.82, 2.24) is 4.98 Å². The summed E-state index contributed by atoms with van der Waals surface area (Å²) >= 11 is 1.88. The first-order valence-corrected chi connectivity index (χ1v) is 20.4. The van der Waals surface area contributed by atoms with Gasteiger partial charge in [0.05, 0.1) is 11.2 Å². The third kappa shape index (κ3) is 5.50. The maximum Gasteiger partial charge on any atom is 0.0788 e. The van der Waals surface area contributed by atoms with E-state index in [0.29, 0.717) is 0 Å². The minimum atomic E-state index is -0.121. The molecule has 0 fully saturated rings. The van der Waals surface area contributed by atoms with E-state index in [4.69, 9.17) is 4.98 Å². The summed E-state index contributed by atoms with van der Waals surface area (Å²) in [6.45, 7) is 4.71. The zero-order valence-corrected chi connectivity index (χ0v) is 32.6. The molecule has 2 nitrogen and oxygen atoms in total. The number of thiophene rings is 1. The number of benzene rings is 8. The maximum absolute atomic E-state index is 5.25. The predicted molar refractivity (Wildman–Crippen MR) is 243 cm³/mol. The van der Waals surface area contributed by atoms with Crippen LogP contribution in [-0.4, -0.2) is 4.98 Å². The molecule has 0 saturated heterocycles. The standard InChI is InChI=1S/C54H38N2S/c1-54(2)48-23-9-7-19-43(48)44-31-30-41(34-49(44)54)56(39-28-26-35(27-29-39)42-21-13-22-46-45-20-8-11-25-51(45)57-53(42)46)40-18-12-17-37(32-40)47-33-38-16-6-10-24-50(38)55-52(47)36-14-4-3-5-15-36/h3-34H,1-2H3. The summed E-state index contributed by atoms with van der Waals surface area (Å²) < 4.78 is 2.65. The van der Waals surface area contributed by atoms with E-state index >= 15 is 0 Å². The van der Waals surface area contributed by atoms with Crippen LogP contribution in [0.2, 0.25) is 0 Å². The first kappa shape index (κ1) is 33.5. The molecule has 0 unspecified atom stereocenters. The van der Waals surface area contributed by atoms with Gasteiger partial charge >= 0.3 is 0 Å². The number of pyridine rings is 1. The van der Waals surface area contributed by atoms with E-state index in [2.05, 4.69) is 213 Å². The molecule has 0 bridgehead atoms. The second-order valence-electron chi connectivity index (χ2n) is 15.6. The molecular formula is C54H38N2S. The zero-order chi connectivity index (χ0) is 38.1. The van der Waals surface area contributed by atoms with Gasteiger partial charge in [0, 0.05) is 59.2 Å². The van der Waals surface area contributed by atoms with E-state index in [1.54, 1.807) is 0 Å². The van der Waals surface area contributed by atoms with Crippen LogP contribution >= 0.6 is 11.3 Å². The van der Waals surface area contributed by atoms with Gasteiger partial charge in [-0.05, 0) is 93.5 Å². The molecule has 1 aliphatic rings. The molecule has 3 heteroatoms. The lowest BCUT2D eigenvalue weighted by Crippen LogP contribution is -2.16. The molecule has 0 aliphatic heterocycles. The van der Waals surface area contributed by atoms with Crippen LogP contribution in [0, 0.1) is 0 Å². The largest absolute Gasteiger partial charge is 0.310 e. The number of rotatable bonds is 6. The Morgan fingerprint density at radius 1 is 0.439 bits per heavy atom. The first-order chi connectivity index (χ1) is 28.0. The van der Waals surface area contributed by atoms with Crippen molar-refractivity contribution >= 4 is 59.5 Å². The van der Waals surface area contributed by atoms with Crippen LogP contribution in [0.4, 0.5) is 17.1 Å². The molecule has 0 spiro atoms. The monoisotopic (exact) mass is 746 g/mol. The lowest BCUT2D eigenvalue weighted by atomic mass is 9.82. The van der Waals surface area contributed by atoms with Gasteiger partial charge in [-0.1, -0.05) is 153 Å². The van der Waals surface area contributed by atoms with Crippen LogP contribution in [0.1, 0.15) is 25.0 Å². The lowest BCUT2D eigenvalue weighted by Gasteiger charge is -2.28. The Morgan fingerprint density at radius 3 is 2.00 bits per heavy atom. The summed E-state index contributed by atoms with van der Waals surface area (Å²) in [5, 5.41) is 3.76. The average Bonchev–Trinajstić information content (AvgIpc) is 3.76. The highest BCUT2D eigenvalue weighted by molar-refractivity contribution is 7.26. The molecular weight excluding hydrogens is 709 g/mol. The topological polar surface area (TPSA) is 16.1 Å². The Balaban J connectivity index is 1.08. The van der Waals surface area contributed by atoms with E-state index in [1.165, 1.54) is 53.6 Å². The summed E-state index contributed by atoms with van der Waals surface area (Å²) in [5.74, 6) is 0. The molecule has 11 rings (SSSR count). The van der Waals surface area contributed by atoms with Crippen LogP contribution in [-0.2, 0) is 5.41 Å². The van der Waals surface area contributed by atoms with Crippen LogP contribution in [0.3, 0.4) is 0 Å². The van der Waals surface area contributed by atoms with Crippen molar-refractivity contribution in [3.8, 4) is 44.6 Å². The summed E-state index contributed by atoms with van der Waals surface area (Å²) in [6.07, 6.45) is 0. The number of aromatic nitrogens is 1. The van der Waals surface area contributed by atoms with Gasteiger partial charge in [-0.15, -0.1) is 11.3 Å². The highest BCUT2D eigenvalue weighted by Gasteiger charge is 2.35. The third-order valence-corrected chi connectivity index (χ3v) is 13.1. The molecule has 2 heterocycles. The normalized spacial score (nSPS) is 12.9. The fourth-order valence-electron chi connectivity index (χ4n) is 9.01. The summed E-state index contributed by atoms with van der Waals surface area (Å²) in [7, 11) is 0. The summed E-state index contributed by atoms with van der Waals surface area (Å²) in [5.41, 5.74) is 16.4. The van der Waals surface area contributed by atoms with Crippen molar-refractivity contribution in [2.75, 3.05) is 4.90 Å². The van der Waals surface area contributed by atoms with Crippen molar-refractivity contribution in [3.05, 3.63) is 205 Å². The number of hydrogen-bond acceptors (Lipinski definition) is 3. The molecule has 1 aliphatic carbocycles. The Labute approximate surface area is 337 Å². The lowest BCUT2D eigenvalue weighted by molar-refractivity contribution is 0.660. The average molecular weight is 747 g/mol. The van der Waals surface area contributed by atoms with Crippen LogP contribution in [0.25, 0.3) is 75.7 Å². The number of hydrogen-bond donors (Lipinski definition) is 0. The minimum Gasteiger partial charge on any atom is -0.310 e. The SMILES string of the molecule is CC1(C)c2ccccc2-c2ccc(N(c3ccc(-c4cccc5c4sc4ccccc45)cc3)c3cccc(-c4cc5ccccc5nc4-c4ccccc4)c3)cc21. The summed E-state index contributed by atoms with van der Waals surface area (Å²) in [4.78, 5) is 7.67. The zero-order valence-electron chi connectivity index (χ0n) is 31.8. The van der Waals surface area contributed by atoms with Crippen molar-refractivity contribution in [3.63, 3.8) is 0 Å². The second-order valence-corrected chi connectivity index (χ2v) is 16.6. The quantitative estimate of drug-likeness (QED) is 0.168. The number of nitrogens with zero attached hydrogens (tertiary/aromatic N) is 2. The van der Waals surface area contributed by atoms with Gasteiger partial charge in [0.15, 0.2) is 0 Å². The Kier molecular flexibility index (Phi) is 7.74. The highest BCUT2D eigenvalue weighted by atomic mass is 32.1. The fraction of sp³-hybridized carbons (Fsp3) is 0.0556. The molecule has 0 amide bonds. The molecule has 8 aromatic carbocycles. The molecule has 2 aromatic heterocycles. The summed E-state index contributed by atoms with van der Waals surface area (Å²) in [6, 6.07) is 70.7. The van der Waals surface area contributed by atoms with E-state index < -0.39 is 0 Å². The molecule has 0 atom stereocenters. The van der Waals surface area contributed by atoms with Crippen molar-refractivity contribution in [2.24, 2.45) is 0 Å². The van der Waals surface area contributed by atoms with E-state index in [0.717, 1.165) is 50.3 Å². The number of para-hydroxylation sites is 1. The van der Waals surface area contributed by atoms with Crippen molar-refractivity contribution in [1.29, 1.82) is 0 Å². The number of fused-ring (bicyclic) bond motifs is 7. The van der Waals surface area contributed by atoms with Crippen LogP contribution < -0.4 is 4.90 Å². The third-order valence-electron chi connectivity index (χ3n) is 11.9. The Hall–Kier alpha value is -6.81. The van der Waals surface area contributed by atoms with Gasteiger partial charge in [0.1, 0.15) is 0 Å². The van der Waals surface area contributed by atoms with Crippen LogP contribution in [0.15, 0.2) is 194 Å². The van der Waals surface area contributed by atoms with Crippen molar-refractivity contribution < 1.29 is 0 Å².